The molecule has 1 fully saturated rings. The van der Waals surface area contributed by atoms with Gasteiger partial charge in [-0.15, -0.1) is 21.5 Å². The molecule has 1 atom stereocenters. The molecule has 0 N–H and O–H groups in total. The number of thiophene rings is 1. The molecule has 0 saturated carbocycles. The second-order valence-electron chi connectivity index (χ2n) is 5.16. The van der Waals surface area contributed by atoms with Crippen LogP contribution in [0.3, 0.4) is 0 Å². The summed E-state index contributed by atoms with van der Waals surface area (Å²) in [5, 5.41) is 7.68. The fourth-order valence-corrected chi connectivity index (χ4v) is 5.39. The van der Waals surface area contributed by atoms with Crippen molar-refractivity contribution in [3.8, 4) is 0 Å². The molecule has 2 aromatic heterocycles. The van der Waals surface area contributed by atoms with E-state index in [4.69, 9.17) is 9.15 Å². The number of morpholine rings is 1. The summed E-state index contributed by atoms with van der Waals surface area (Å²) >= 11 is 1.48. The summed E-state index contributed by atoms with van der Waals surface area (Å²) in [7, 11) is -3.53. The number of aromatic nitrogens is 2. The van der Waals surface area contributed by atoms with Gasteiger partial charge in [-0.3, -0.25) is 0 Å². The summed E-state index contributed by atoms with van der Waals surface area (Å²) < 4.78 is 38.0. The van der Waals surface area contributed by atoms with E-state index in [-0.39, 0.29) is 6.54 Å². The molecule has 0 aliphatic carbocycles. The highest BCUT2D eigenvalue weighted by Crippen LogP contribution is 2.30. The second-order valence-corrected chi connectivity index (χ2v) is 8.53. The average Bonchev–Trinajstić information content (AvgIpc) is 3.05. The first-order valence-electron chi connectivity index (χ1n) is 6.86. The van der Waals surface area contributed by atoms with E-state index in [1.165, 1.54) is 15.6 Å². The quantitative estimate of drug-likeness (QED) is 0.845. The average molecular weight is 343 g/mol. The fraction of sp³-hybridized carbons (Fsp3) is 0.538. The van der Waals surface area contributed by atoms with Gasteiger partial charge in [0.05, 0.1) is 11.5 Å². The lowest BCUT2D eigenvalue weighted by molar-refractivity contribution is -0.0176. The van der Waals surface area contributed by atoms with Crippen molar-refractivity contribution >= 4 is 21.4 Å². The molecular weight excluding hydrogens is 326 g/mol. The molecule has 1 aliphatic heterocycles. The first-order valence-corrected chi connectivity index (χ1v) is 9.12. The minimum atomic E-state index is -3.53. The maximum absolute atomic E-state index is 12.8. The van der Waals surface area contributed by atoms with Crippen molar-refractivity contribution in [1.29, 1.82) is 0 Å². The third-order valence-corrected chi connectivity index (χ3v) is 6.55. The lowest BCUT2D eigenvalue weighted by Crippen LogP contribution is -2.42. The standard InChI is InChI=1S/C13H17N3O4S2/c1-8-6-12(9(2)21-8)22(17,18)16-4-5-19-11(7-16)13-15-14-10(3)20-13/h6,11H,4-5,7H2,1-3H3. The summed E-state index contributed by atoms with van der Waals surface area (Å²) in [4.78, 5) is 2.15. The molecule has 3 heterocycles. The van der Waals surface area contributed by atoms with Crippen molar-refractivity contribution in [2.45, 2.75) is 31.8 Å². The summed E-state index contributed by atoms with van der Waals surface area (Å²) in [5.41, 5.74) is 0. The molecule has 1 unspecified atom stereocenters. The van der Waals surface area contributed by atoms with E-state index in [0.29, 0.717) is 29.8 Å². The molecule has 1 aliphatic rings. The van der Waals surface area contributed by atoms with E-state index >= 15 is 0 Å². The Hall–Kier alpha value is -1.29. The summed E-state index contributed by atoms with van der Waals surface area (Å²) in [6.07, 6.45) is -0.523. The van der Waals surface area contributed by atoms with Crippen LogP contribution in [0.1, 0.15) is 27.6 Å². The van der Waals surface area contributed by atoms with E-state index < -0.39 is 16.1 Å². The highest BCUT2D eigenvalue weighted by molar-refractivity contribution is 7.89. The van der Waals surface area contributed by atoms with E-state index in [2.05, 4.69) is 10.2 Å². The molecule has 0 bridgehead atoms. The summed E-state index contributed by atoms with van der Waals surface area (Å²) in [6, 6.07) is 1.72. The SMILES string of the molecule is Cc1nnc(C2CN(S(=O)(=O)c3cc(C)sc3C)CCO2)o1. The van der Waals surface area contributed by atoms with Crippen LogP contribution in [0, 0.1) is 20.8 Å². The minimum Gasteiger partial charge on any atom is -0.423 e. The number of ether oxygens (including phenoxy) is 1. The van der Waals surface area contributed by atoms with Gasteiger partial charge >= 0.3 is 0 Å². The Bertz CT molecular complexity index is 781. The molecule has 0 spiro atoms. The second kappa shape index (κ2) is 5.73. The Balaban J connectivity index is 1.86. The predicted molar refractivity (Wildman–Crippen MR) is 80.3 cm³/mol. The Labute approximate surface area is 133 Å². The zero-order valence-electron chi connectivity index (χ0n) is 12.6. The smallest absolute Gasteiger partial charge is 0.246 e. The highest BCUT2D eigenvalue weighted by atomic mass is 32.2. The minimum absolute atomic E-state index is 0.179. The van der Waals surface area contributed by atoms with E-state index in [9.17, 15) is 8.42 Å². The van der Waals surface area contributed by atoms with Crippen LogP contribution in [0.2, 0.25) is 0 Å². The molecule has 0 aromatic carbocycles. The Morgan fingerprint density at radius 3 is 2.68 bits per heavy atom. The largest absolute Gasteiger partial charge is 0.423 e. The number of hydrogen-bond acceptors (Lipinski definition) is 7. The number of hydrogen-bond donors (Lipinski definition) is 0. The van der Waals surface area contributed by atoms with Gasteiger partial charge in [0.25, 0.3) is 0 Å². The van der Waals surface area contributed by atoms with Gasteiger partial charge in [-0.2, -0.15) is 4.31 Å². The predicted octanol–water partition coefficient (Wildman–Crippen LogP) is 1.82. The van der Waals surface area contributed by atoms with Crippen molar-refractivity contribution < 1.29 is 17.6 Å². The van der Waals surface area contributed by atoms with E-state index in [0.717, 1.165) is 9.75 Å². The number of nitrogens with zero attached hydrogens (tertiary/aromatic N) is 3. The normalized spacial score (nSPS) is 20.4. The van der Waals surface area contributed by atoms with Gasteiger partial charge in [0.1, 0.15) is 6.10 Å². The number of aryl methyl sites for hydroxylation is 3. The molecule has 1 saturated heterocycles. The zero-order chi connectivity index (χ0) is 15.9. The van der Waals surface area contributed by atoms with Crippen LogP contribution in [0.25, 0.3) is 0 Å². The highest BCUT2D eigenvalue weighted by Gasteiger charge is 2.35. The topological polar surface area (TPSA) is 85.5 Å². The lowest BCUT2D eigenvalue weighted by atomic mass is 10.3. The maximum Gasteiger partial charge on any atom is 0.246 e. The first-order chi connectivity index (χ1) is 10.4. The van der Waals surface area contributed by atoms with Gasteiger partial charge in [0, 0.05) is 29.8 Å². The monoisotopic (exact) mass is 343 g/mol. The lowest BCUT2D eigenvalue weighted by Gasteiger charge is -2.30. The molecule has 2 aromatic rings. The van der Waals surface area contributed by atoms with Gasteiger partial charge in [0.2, 0.25) is 21.8 Å². The van der Waals surface area contributed by atoms with E-state index in [1.807, 2.05) is 13.8 Å². The number of rotatable bonds is 3. The Morgan fingerprint density at radius 1 is 1.32 bits per heavy atom. The van der Waals surface area contributed by atoms with Crippen molar-refractivity contribution in [1.82, 2.24) is 14.5 Å². The third kappa shape index (κ3) is 2.81. The van der Waals surface area contributed by atoms with Crippen molar-refractivity contribution in [3.05, 3.63) is 27.6 Å². The molecule has 0 amide bonds. The Kier molecular flexibility index (Phi) is 4.06. The fourth-order valence-electron chi connectivity index (χ4n) is 2.44. The molecule has 9 heteroatoms. The van der Waals surface area contributed by atoms with Gasteiger partial charge in [-0.05, 0) is 19.9 Å². The first kappa shape index (κ1) is 15.6. The number of sulfonamides is 1. The van der Waals surface area contributed by atoms with Crippen LogP contribution >= 0.6 is 11.3 Å². The van der Waals surface area contributed by atoms with Crippen LogP contribution in [0.15, 0.2) is 15.4 Å². The molecule has 22 heavy (non-hydrogen) atoms. The van der Waals surface area contributed by atoms with Crippen molar-refractivity contribution in [2.24, 2.45) is 0 Å². The van der Waals surface area contributed by atoms with Crippen LogP contribution in [0.5, 0.6) is 0 Å². The Morgan fingerprint density at radius 2 is 2.09 bits per heavy atom. The maximum atomic E-state index is 12.8. The zero-order valence-corrected chi connectivity index (χ0v) is 14.2. The summed E-state index contributed by atoms with van der Waals surface area (Å²) in [6.45, 7) is 6.21. The summed E-state index contributed by atoms with van der Waals surface area (Å²) in [5.74, 6) is 0.749. The van der Waals surface area contributed by atoms with Crippen LogP contribution in [-0.2, 0) is 14.8 Å². The van der Waals surface area contributed by atoms with Crippen molar-refractivity contribution in [2.75, 3.05) is 19.7 Å². The molecule has 120 valence electrons. The van der Waals surface area contributed by atoms with Gasteiger partial charge in [-0.1, -0.05) is 0 Å². The molecular formula is C13H17N3O4S2. The molecule has 7 nitrogen and oxygen atoms in total. The molecule has 0 radical (unpaired) electrons. The van der Waals surface area contributed by atoms with Crippen molar-refractivity contribution in [3.63, 3.8) is 0 Å². The molecule has 3 rings (SSSR count). The van der Waals surface area contributed by atoms with Gasteiger partial charge in [0.15, 0.2) is 0 Å². The third-order valence-electron chi connectivity index (χ3n) is 3.46. The van der Waals surface area contributed by atoms with Crippen LogP contribution in [-0.4, -0.2) is 42.6 Å². The van der Waals surface area contributed by atoms with Gasteiger partial charge in [-0.25, -0.2) is 8.42 Å². The van der Waals surface area contributed by atoms with Gasteiger partial charge < -0.3 is 9.15 Å². The van der Waals surface area contributed by atoms with E-state index in [1.54, 1.807) is 13.0 Å². The van der Waals surface area contributed by atoms with Crippen LogP contribution in [0.4, 0.5) is 0 Å². The van der Waals surface area contributed by atoms with Crippen LogP contribution < -0.4 is 0 Å².